The Balaban J connectivity index is 1.14. The van der Waals surface area contributed by atoms with Crippen molar-refractivity contribution in [2.24, 2.45) is 0 Å². The van der Waals surface area contributed by atoms with E-state index in [-0.39, 0.29) is 25.0 Å². The normalized spacial score (nSPS) is 14.9. The summed E-state index contributed by atoms with van der Waals surface area (Å²) in [5.41, 5.74) is 2.16. The number of carbonyl (C=O) groups excluding carboxylic acids is 2. The molecule has 3 heterocycles. The van der Waals surface area contributed by atoms with E-state index < -0.39 is 0 Å². The van der Waals surface area contributed by atoms with Crippen LogP contribution < -0.4 is 19.7 Å². The number of halogens is 1. The number of aromatic nitrogens is 1. The molecule has 1 saturated heterocycles. The fraction of sp³-hybridized carbons (Fsp3) is 0.261. The molecule has 2 aliphatic rings. The molecule has 0 aliphatic carbocycles. The van der Waals surface area contributed by atoms with Crippen molar-refractivity contribution in [3.63, 3.8) is 0 Å². The van der Waals surface area contributed by atoms with Crippen LogP contribution in [0.1, 0.15) is 16.1 Å². The lowest BCUT2D eigenvalue weighted by molar-refractivity contribution is -0.130. The van der Waals surface area contributed by atoms with Gasteiger partial charge in [-0.2, -0.15) is 0 Å². The number of fused-ring (bicyclic) bond motifs is 1. The summed E-state index contributed by atoms with van der Waals surface area (Å²) in [6.45, 7) is 2.94. The summed E-state index contributed by atoms with van der Waals surface area (Å²) in [6, 6.07) is 12.8. The first-order valence-electron chi connectivity index (χ1n) is 10.5. The smallest absolute Gasteiger partial charge is 0.257 e. The first kappa shape index (κ1) is 21.5. The summed E-state index contributed by atoms with van der Waals surface area (Å²) >= 11 is 7.39. The van der Waals surface area contributed by atoms with E-state index in [1.807, 2.05) is 29.2 Å². The van der Waals surface area contributed by atoms with Crippen LogP contribution in [0.5, 0.6) is 11.5 Å². The fourth-order valence-electron chi connectivity index (χ4n) is 3.81. The van der Waals surface area contributed by atoms with Crippen LogP contribution in [0, 0.1) is 0 Å². The Morgan fingerprint density at radius 3 is 2.70 bits per heavy atom. The SMILES string of the molecule is O=C(Nc1nc(CC(=O)N2CCN(c3cccc(Cl)c3)CC2)cs1)c1ccc2c(c1)OCO2. The lowest BCUT2D eigenvalue weighted by atomic mass is 10.2. The fourth-order valence-corrected chi connectivity index (χ4v) is 4.70. The summed E-state index contributed by atoms with van der Waals surface area (Å²) < 4.78 is 10.6. The van der Waals surface area contributed by atoms with Crippen molar-refractivity contribution in [2.45, 2.75) is 6.42 Å². The number of thiazole rings is 1. The topological polar surface area (TPSA) is 84.0 Å². The van der Waals surface area contributed by atoms with Crippen LogP contribution in [-0.4, -0.2) is 54.7 Å². The van der Waals surface area contributed by atoms with Crippen molar-refractivity contribution in [2.75, 3.05) is 43.2 Å². The van der Waals surface area contributed by atoms with Crippen LogP contribution in [0.4, 0.5) is 10.8 Å². The number of carbonyl (C=O) groups is 2. The second-order valence-electron chi connectivity index (χ2n) is 7.69. The molecule has 0 atom stereocenters. The van der Waals surface area contributed by atoms with Crippen molar-refractivity contribution in [1.29, 1.82) is 0 Å². The summed E-state index contributed by atoms with van der Waals surface area (Å²) in [6.07, 6.45) is 0.202. The maximum absolute atomic E-state index is 12.8. The van der Waals surface area contributed by atoms with Gasteiger partial charge in [0.1, 0.15) is 0 Å². The Bertz CT molecular complexity index is 1190. The molecule has 1 N–H and O–H groups in total. The molecule has 2 aromatic carbocycles. The third-order valence-corrected chi connectivity index (χ3v) is 6.59. The Labute approximate surface area is 199 Å². The molecule has 3 aromatic rings. The van der Waals surface area contributed by atoms with Gasteiger partial charge in [0.15, 0.2) is 16.6 Å². The highest BCUT2D eigenvalue weighted by Crippen LogP contribution is 2.32. The molecule has 0 radical (unpaired) electrons. The average molecular weight is 485 g/mol. The largest absolute Gasteiger partial charge is 0.454 e. The highest BCUT2D eigenvalue weighted by atomic mass is 35.5. The van der Waals surface area contributed by atoms with Crippen LogP contribution in [0.25, 0.3) is 0 Å². The van der Waals surface area contributed by atoms with E-state index in [9.17, 15) is 9.59 Å². The van der Waals surface area contributed by atoms with Gasteiger partial charge >= 0.3 is 0 Å². The van der Waals surface area contributed by atoms with Gasteiger partial charge in [0.25, 0.3) is 5.91 Å². The third kappa shape index (κ3) is 4.89. The minimum atomic E-state index is -0.294. The van der Waals surface area contributed by atoms with E-state index in [0.717, 1.165) is 18.8 Å². The summed E-state index contributed by atoms with van der Waals surface area (Å²) in [5.74, 6) is 0.899. The third-order valence-electron chi connectivity index (χ3n) is 5.55. The molecule has 10 heteroatoms. The van der Waals surface area contributed by atoms with E-state index in [0.29, 0.717) is 46.0 Å². The van der Waals surface area contributed by atoms with Gasteiger partial charge in [-0.25, -0.2) is 4.98 Å². The van der Waals surface area contributed by atoms with Gasteiger partial charge in [0, 0.05) is 47.8 Å². The molecule has 33 heavy (non-hydrogen) atoms. The summed E-state index contributed by atoms with van der Waals surface area (Å²) in [4.78, 5) is 33.8. The van der Waals surface area contributed by atoms with Gasteiger partial charge in [-0.1, -0.05) is 17.7 Å². The van der Waals surface area contributed by atoms with Crippen LogP contribution in [0.15, 0.2) is 47.8 Å². The Morgan fingerprint density at radius 1 is 1.06 bits per heavy atom. The zero-order valence-electron chi connectivity index (χ0n) is 17.6. The first-order valence-corrected chi connectivity index (χ1v) is 11.7. The molecule has 0 unspecified atom stereocenters. The molecule has 0 saturated carbocycles. The number of nitrogens with one attached hydrogen (secondary N) is 1. The highest BCUT2D eigenvalue weighted by molar-refractivity contribution is 7.14. The van der Waals surface area contributed by atoms with Gasteiger partial charge in [-0.3, -0.25) is 14.9 Å². The lowest BCUT2D eigenvalue weighted by Gasteiger charge is -2.36. The van der Waals surface area contributed by atoms with E-state index in [1.165, 1.54) is 11.3 Å². The predicted octanol–water partition coefficient (Wildman–Crippen LogP) is 3.67. The van der Waals surface area contributed by atoms with Crippen molar-refractivity contribution >= 4 is 45.6 Å². The van der Waals surface area contributed by atoms with Gasteiger partial charge in [0.2, 0.25) is 12.7 Å². The summed E-state index contributed by atoms with van der Waals surface area (Å²) in [7, 11) is 0. The van der Waals surface area contributed by atoms with Gasteiger partial charge in [0.05, 0.1) is 12.1 Å². The number of ether oxygens (including phenoxy) is 2. The average Bonchev–Trinajstić information content (AvgIpc) is 3.48. The maximum atomic E-state index is 12.8. The van der Waals surface area contributed by atoms with E-state index in [4.69, 9.17) is 21.1 Å². The zero-order valence-corrected chi connectivity index (χ0v) is 19.2. The molecule has 0 spiro atoms. The molecule has 1 fully saturated rings. The molecule has 8 nitrogen and oxygen atoms in total. The molecular weight excluding hydrogens is 464 g/mol. The van der Waals surface area contributed by atoms with Crippen molar-refractivity contribution < 1.29 is 19.1 Å². The minimum absolute atomic E-state index is 0.0275. The lowest BCUT2D eigenvalue weighted by Crippen LogP contribution is -2.49. The summed E-state index contributed by atoms with van der Waals surface area (Å²) in [5, 5.41) is 5.74. The number of anilines is 2. The van der Waals surface area contributed by atoms with Gasteiger partial charge in [-0.15, -0.1) is 11.3 Å². The number of piperazine rings is 1. The number of amides is 2. The Kier molecular flexibility index (Phi) is 6.06. The van der Waals surface area contributed by atoms with Crippen LogP contribution >= 0.6 is 22.9 Å². The molecule has 0 bridgehead atoms. The van der Waals surface area contributed by atoms with Crippen molar-refractivity contribution in [1.82, 2.24) is 9.88 Å². The zero-order chi connectivity index (χ0) is 22.8. The molecule has 2 amide bonds. The van der Waals surface area contributed by atoms with Crippen molar-refractivity contribution in [3.05, 3.63) is 64.1 Å². The van der Waals surface area contributed by atoms with Crippen LogP contribution in [-0.2, 0) is 11.2 Å². The number of nitrogens with zero attached hydrogens (tertiary/aromatic N) is 3. The molecule has 5 rings (SSSR count). The first-order chi connectivity index (χ1) is 16.0. The molecule has 2 aliphatic heterocycles. The van der Waals surface area contributed by atoms with E-state index >= 15 is 0 Å². The van der Waals surface area contributed by atoms with Gasteiger partial charge < -0.3 is 19.3 Å². The molecule has 170 valence electrons. The number of benzene rings is 2. The minimum Gasteiger partial charge on any atom is -0.454 e. The number of hydrogen-bond acceptors (Lipinski definition) is 7. The number of hydrogen-bond donors (Lipinski definition) is 1. The molecule has 1 aromatic heterocycles. The van der Waals surface area contributed by atoms with E-state index in [1.54, 1.807) is 23.6 Å². The second-order valence-corrected chi connectivity index (χ2v) is 8.99. The van der Waals surface area contributed by atoms with Crippen LogP contribution in [0.2, 0.25) is 5.02 Å². The maximum Gasteiger partial charge on any atom is 0.257 e. The quantitative estimate of drug-likeness (QED) is 0.595. The van der Waals surface area contributed by atoms with Crippen LogP contribution in [0.3, 0.4) is 0 Å². The number of rotatable bonds is 5. The standard InChI is InChI=1S/C23H21ClN4O4S/c24-16-2-1-3-18(11-16)27-6-8-28(9-7-27)21(29)12-17-13-33-23(25-17)26-22(30)15-4-5-19-20(10-15)32-14-31-19/h1-5,10-11,13H,6-9,12,14H2,(H,25,26,30). The monoisotopic (exact) mass is 484 g/mol. The van der Waals surface area contributed by atoms with Gasteiger partial charge in [-0.05, 0) is 36.4 Å². The Morgan fingerprint density at radius 2 is 1.88 bits per heavy atom. The van der Waals surface area contributed by atoms with E-state index in [2.05, 4.69) is 15.2 Å². The Hall–Kier alpha value is -3.30. The van der Waals surface area contributed by atoms with Crippen molar-refractivity contribution in [3.8, 4) is 11.5 Å². The highest BCUT2D eigenvalue weighted by Gasteiger charge is 2.23. The predicted molar refractivity (Wildman–Crippen MR) is 127 cm³/mol. The molecular formula is C23H21ClN4O4S. The second kappa shape index (κ2) is 9.29.